The van der Waals surface area contributed by atoms with E-state index in [9.17, 15) is 4.79 Å². The number of methoxy groups -OCH3 is 1. The van der Waals surface area contributed by atoms with Crippen LogP contribution in [0.5, 0.6) is 11.5 Å². The van der Waals surface area contributed by atoms with Crippen LogP contribution in [0.2, 0.25) is 5.02 Å². The van der Waals surface area contributed by atoms with E-state index in [-0.39, 0.29) is 5.91 Å². The molecule has 0 aliphatic carbocycles. The summed E-state index contributed by atoms with van der Waals surface area (Å²) < 4.78 is 11.4. The fraction of sp³-hybridized carbons (Fsp3) is 0.269. The Bertz CT molecular complexity index is 1160. The van der Waals surface area contributed by atoms with Crippen LogP contribution < -0.4 is 14.4 Å². The molecule has 8 heteroatoms. The van der Waals surface area contributed by atoms with Crippen molar-refractivity contribution in [2.24, 2.45) is 0 Å². The van der Waals surface area contributed by atoms with Gasteiger partial charge in [-0.15, -0.1) is 0 Å². The van der Waals surface area contributed by atoms with Crippen molar-refractivity contribution in [1.82, 2.24) is 14.9 Å². The number of aryl methyl sites for hydroxylation is 1. The smallest absolute Gasteiger partial charge is 0.246 e. The zero-order valence-corrected chi connectivity index (χ0v) is 20.0. The predicted octanol–water partition coefficient (Wildman–Crippen LogP) is 4.39. The number of hydrogen-bond donors (Lipinski definition) is 0. The SMILES string of the molecule is COc1cc(/C=C/C(=O)N2CCN(c3cc(C)ncn3)CC2)ccc1OCc1ccc(Cl)cc1. The van der Waals surface area contributed by atoms with Crippen LogP contribution in [0.1, 0.15) is 16.8 Å². The van der Waals surface area contributed by atoms with Crippen LogP contribution in [-0.2, 0) is 11.4 Å². The molecule has 0 spiro atoms. The Kier molecular flexibility index (Phi) is 7.65. The lowest BCUT2D eigenvalue weighted by Gasteiger charge is -2.34. The number of amides is 1. The van der Waals surface area contributed by atoms with E-state index in [1.165, 1.54) is 0 Å². The molecule has 1 saturated heterocycles. The summed E-state index contributed by atoms with van der Waals surface area (Å²) in [7, 11) is 1.60. The van der Waals surface area contributed by atoms with Crippen LogP contribution in [0, 0.1) is 6.92 Å². The quantitative estimate of drug-likeness (QED) is 0.469. The number of piperazine rings is 1. The summed E-state index contributed by atoms with van der Waals surface area (Å²) in [6.07, 6.45) is 4.98. The van der Waals surface area contributed by atoms with Gasteiger partial charge in [0, 0.05) is 49.0 Å². The summed E-state index contributed by atoms with van der Waals surface area (Å²) in [4.78, 5) is 25.2. The van der Waals surface area contributed by atoms with Crippen LogP contribution in [-0.4, -0.2) is 54.1 Å². The fourth-order valence-corrected chi connectivity index (χ4v) is 3.82. The van der Waals surface area contributed by atoms with E-state index in [2.05, 4.69) is 14.9 Å². The van der Waals surface area contributed by atoms with Crippen molar-refractivity contribution in [3.63, 3.8) is 0 Å². The molecule has 0 radical (unpaired) electrons. The highest BCUT2D eigenvalue weighted by Crippen LogP contribution is 2.29. The number of ether oxygens (including phenoxy) is 2. The molecule has 0 N–H and O–H groups in total. The number of rotatable bonds is 7. The zero-order valence-electron chi connectivity index (χ0n) is 19.3. The topological polar surface area (TPSA) is 67.8 Å². The Hall–Kier alpha value is -3.58. The molecule has 0 unspecified atom stereocenters. The molecule has 1 aliphatic rings. The molecule has 2 aromatic carbocycles. The average molecular weight is 479 g/mol. The molecular weight excluding hydrogens is 452 g/mol. The van der Waals surface area contributed by atoms with Gasteiger partial charge in [-0.1, -0.05) is 29.8 Å². The van der Waals surface area contributed by atoms with Crippen LogP contribution in [0.25, 0.3) is 6.08 Å². The summed E-state index contributed by atoms with van der Waals surface area (Å²) in [6.45, 7) is 5.12. The molecule has 3 aromatic rings. The average Bonchev–Trinajstić information content (AvgIpc) is 2.87. The maximum atomic E-state index is 12.7. The number of benzene rings is 2. The minimum absolute atomic E-state index is 0.0134. The first-order valence-corrected chi connectivity index (χ1v) is 11.5. The molecule has 34 heavy (non-hydrogen) atoms. The van der Waals surface area contributed by atoms with Gasteiger partial charge in [-0.05, 0) is 48.4 Å². The zero-order chi connectivity index (χ0) is 23.9. The minimum atomic E-state index is -0.0134. The number of carbonyl (C=O) groups excluding carboxylic acids is 1. The highest BCUT2D eigenvalue weighted by atomic mass is 35.5. The van der Waals surface area contributed by atoms with Gasteiger partial charge in [0.25, 0.3) is 0 Å². The van der Waals surface area contributed by atoms with Gasteiger partial charge in [0.2, 0.25) is 5.91 Å². The highest BCUT2D eigenvalue weighted by Gasteiger charge is 2.20. The summed E-state index contributed by atoms with van der Waals surface area (Å²) in [6, 6.07) is 15.1. The normalized spacial score (nSPS) is 13.9. The van der Waals surface area contributed by atoms with Crippen molar-refractivity contribution in [2.45, 2.75) is 13.5 Å². The van der Waals surface area contributed by atoms with Crippen LogP contribution in [0.4, 0.5) is 5.82 Å². The van der Waals surface area contributed by atoms with Crippen molar-refractivity contribution in [3.8, 4) is 11.5 Å². The van der Waals surface area contributed by atoms with Crippen LogP contribution in [0.3, 0.4) is 0 Å². The monoisotopic (exact) mass is 478 g/mol. The molecular formula is C26H27ClN4O3. The van der Waals surface area contributed by atoms with Gasteiger partial charge >= 0.3 is 0 Å². The van der Waals surface area contributed by atoms with Crippen molar-refractivity contribution in [1.29, 1.82) is 0 Å². The second-order valence-electron chi connectivity index (χ2n) is 7.99. The van der Waals surface area contributed by atoms with Gasteiger partial charge in [-0.3, -0.25) is 4.79 Å². The van der Waals surface area contributed by atoms with E-state index in [0.717, 1.165) is 35.7 Å². The lowest BCUT2D eigenvalue weighted by atomic mass is 10.1. The molecule has 176 valence electrons. The maximum Gasteiger partial charge on any atom is 0.246 e. The molecule has 1 amide bonds. The number of halogens is 1. The third-order valence-electron chi connectivity index (χ3n) is 5.62. The molecule has 7 nitrogen and oxygen atoms in total. The van der Waals surface area contributed by atoms with Gasteiger partial charge in [-0.2, -0.15) is 0 Å². The van der Waals surface area contributed by atoms with Gasteiger partial charge < -0.3 is 19.3 Å². The molecule has 1 aromatic heterocycles. The van der Waals surface area contributed by atoms with E-state index < -0.39 is 0 Å². The van der Waals surface area contributed by atoms with Crippen molar-refractivity contribution in [3.05, 3.63) is 82.8 Å². The summed E-state index contributed by atoms with van der Waals surface area (Å²) >= 11 is 5.93. The largest absolute Gasteiger partial charge is 0.493 e. The number of aromatic nitrogens is 2. The van der Waals surface area contributed by atoms with E-state index in [1.807, 2.05) is 60.4 Å². The predicted molar refractivity (Wildman–Crippen MR) is 133 cm³/mol. The maximum absolute atomic E-state index is 12.7. The first-order chi connectivity index (χ1) is 16.5. The third kappa shape index (κ3) is 6.05. The first-order valence-electron chi connectivity index (χ1n) is 11.1. The minimum Gasteiger partial charge on any atom is -0.493 e. The number of carbonyl (C=O) groups is 1. The highest BCUT2D eigenvalue weighted by molar-refractivity contribution is 6.30. The van der Waals surface area contributed by atoms with E-state index >= 15 is 0 Å². The molecule has 0 saturated carbocycles. The van der Waals surface area contributed by atoms with Crippen molar-refractivity contribution in [2.75, 3.05) is 38.2 Å². The molecule has 0 bridgehead atoms. The van der Waals surface area contributed by atoms with Crippen molar-refractivity contribution >= 4 is 29.4 Å². The second kappa shape index (κ2) is 11.0. The summed E-state index contributed by atoms with van der Waals surface area (Å²) in [5, 5.41) is 0.690. The third-order valence-corrected chi connectivity index (χ3v) is 5.87. The van der Waals surface area contributed by atoms with Gasteiger partial charge in [-0.25, -0.2) is 9.97 Å². The second-order valence-corrected chi connectivity index (χ2v) is 8.43. The summed E-state index contributed by atoms with van der Waals surface area (Å²) in [5.41, 5.74) is 2.80. The van der Waals surface area contributed by atoms with Crippen LogP contribution in [0.15, 0.2) is 60.9 Å². The Morgan fingerprint density at radius 3 is 2.50 bits per heavy atom. The molecule has 1 aliphatic heterocycles. The van der Waals surface area contributed by atoms with Crippen molar-refractivity contribution < 1.29 is 14.3 Å². The van der Waals surface area contributed by atoms with Gasteiger partial charge in [0.05, 0.1) is 7.11 Å². The Balaban J connectivity index is 1.33. The number of anilines is 1. The van der Waals surface area contributed by atoms with E-state index in [0.29, 0.717) is 36.2 Å². The number of nitrogens with zero attached hydrogens (tertiary/aromatic N) is 4. The Morgan fingerprint density at radius 2 is 1.79 bits per heavy atom. The lowest BCUT2D eigenvalue weighted by Crippen LogP contribution is -2.48. The molecule has 2 heterocycles. The molecule has 0 atom stereocenters. The van der Waals surface area contributed by atoms with E-state index in [1.54, 1.807) is 25.6 Å². The van der Waals surface area contributed by atoms with Crippen LogP contribution >= 0.6 is 11.6 Å². The Labute approximate surface area is 204 Å². The number of hydrogen-bond acceptors (Lipinski definition) is 6. The van der Waals surface area contributed by atoms with Gasteiger partial charge in [0.15, 0.2) is 11.5 Å². The Morgan fingerprint density at radius 1 is 1.03 bits per heavy atom. The lowest BCUT2D eigenvalue weighted by molar-refractivity contribution is -0.126. The molecule has 1 fully saturated rings. The first kappa shape index (κ1) is 23.6. The van der Waals surface area contributed by atoms with E-state index in [4.69, 9.17) is 21.1 Å². The summed E-state index contributed by atoms with van der Waals surface area (Å²) in [5.74, 6) is 2.13. The standard InChI is InChI=1S/C26H27ClN4O3/c1-19-15-25(29-18-28-19)30-11-13-31(14-12-30)26(32)10-6-20-5-9-23(24(16-20)33-2)34-17-21-3-7-22(27)8-4-21/h3-10,15-16,18H,11-14,17H2,1-2H3/b10-6+. The van der Waals surface area contributed by atoms with Gasteiger partial charge in [0.1, 0.15) is 18.8 Å². The fourth-order valence-electron chi connectivity index (χ4n) is 3.69. The molecule has 4 rings (SSSR count).